The second-order valence-corrected chi connectivity index (χ2v) is 9.61. The zero-order valence-corrected chi connectivity index (χ0v) is 15.8. The highest BCUT2D eigenvalue weighted by Crippen LogP contribution is 2.42. The molecule has 1 aliphatic rings. The third-order valence-corrected chi connectivity index (χ3v) is 8.25. The lowest BCUT2D eigenvalue weighted by molar-refractivity contribution is 0.578. The van der Waals surface area contributed by atoms with Crippen molar-refractivity contribution in [1.29, 1.82) is 0 Å². The molecule has 0 N–H and O–H groups in total. The summed E-state index contributed by atoms with van der Waals surface area (Å²) in [7, 11) is -2.85. The monoisotopic (exact) mass is 361 g/mol. The molecule has 1 aliphatic heterocycles. The van der Waals surface area contributed by atoms with Crippen molar-refractivity contribution in [3.05, 3.63) is 84.9 Å². The molecule has 1 heterocycles. The predicted octanol–water partition coefficient (Wildman–Crippen LogP) is 4.32. The molecular weight excluding hydrogens is 337 g/mol. The lowest BCUT2D eigenvalue weighted by Gasteiger charge is -2.29. The summed E-state index contributed by atoms with van der Waals surface area (Å²) in [5.74, 6) is 0. The Hall–Kier alpha value is -2.31. The van der Waals surface area contributed by atoms with Crippen molar-refractivity contribution >= 4 is 28.7 Å². The molecule has 0 unspecified atom stereocenters. The second-order valence-electron chi connectivity index (χ2n) is 6.84. The molecule has 3 heteroatoms. The van der Waals surface area contributed by atoms with Crippen molar-refractivity contribution in [3.8, 4) is 0 Å². The quantitative estimate of drug-likeness (QED) is 0.645. The summed E-state index contributed by atoms with van der Waals surface area (Å²) in [5, 5.41) is 2.67. The topological polar surface area (TPSA) is 20.3 Å². The minimum absolute atomic E-state index is 0.886. The molecule has 4 rings (SSSR count). The average Bonchev–Trinajstić information content (AvgIpc) is 2.75. The lowest BCUT2D eigenvalue weighted by atomic mass is 10.1. The van der Waals surface area contributed by atoms with Gasteiger partial charge < -0.3 is 9.46 Å². The van der Waals surface area contributed by atoms with Gasteiger partial charge in [0.05, 0.1) is 0 Å². The first-order valence-electron chi connectivity index (χ1n) is 9.35. The van der Waals surface area contributed by atoms with E-state index in [9.17, 15) is 4.57 Å². The summed E-state index contributed by atoms with van der Waals surface area (Å²) < 4.78 is 14.3. The van der Waals surface area contributed by atoms with Gasteiger partial charge in [0.2, 0.25) is 0 Å². The number of anilines is 1. The molecule has 0 saturated carbocycles. The minimum atomic E-state index is -2.85. The Morgan fingerprint density at radius 1 is 0.577 bits per heavy atom. The van der Waals surface area contributed by atoms with E-state index in [2.05, 4.69) is 29.2 Å². The molecule has 0 bridgehead atoms. The normalized spacial score (nSPS) is 15.0. The summed E-state index contributed by atoms with van der Waals surface area (Å²) in [6.45, 7) is 2.24. The smallest absolute Gasteiger partial charge is 0.171 e. The van der Waals surface area contributed by atoms with Crippen LogP contribution in [-0.2, 0) is 4.57 Å². The lowest BCUT2D eigenvalue weighted by Crippen LogP contribution is -2.30. The molecule has 3 aromatic rings. The number of piperidine rings is 1. The predicted molar refractivity (Wildman–Crippen MR) is 112 cm³/mol. The zero-order valence-electron chi connectivity index (χ0n) is 14.9. The van der Waals surface area contributed by atoms with Crippen LogP contribution in [0.25, 0.3) is 0 Å². The molecule has 26 heavy (non-hydrogen) atoms. The molecule has 0 atom stereocenters. The third-order valence-electron chi connectivity index (χ3n) is 5.17. The summed E-state index contributed by atoms with van der Waals surface area (Å²) >= 11 is 0. The van der Waals surface area contributed by atoms with Crippen molar-refractivity contribution in [2.45, 2.75) is 19.3 Å². The van der Waals surface area contributed by atoms with Gasteiger partial charge >= 0.3 is 0 Å². The van der Waals surface area contributed by atoms with Gasteiger partial charge in [0, 0.05) is 34.7 Å². The first kappa shape index (κ1) is 17.1. The van der Waals surface area contributed by atoms with E-state index >= 15 is 0 Å². The van der Waals surface area contributed by atoms with Gasteiger partial charge in [-0.1, -0.05) is 60.7 Å². The molecular formula is C23H24NOP. The highest BCUT2D eigenvalue weighted by molar-refractivity contribution is 7.85. The number of nitrogens with zero attached hydrogens (tertiary/aromatic N) is 1. The maximum absolute atomic E-state index is 14.3. The Bertz CT molecular complexity index is 841. The number of hydrogen-bond donors (Lipinski definition) is 0. The van der Waals surface area contributed by atoms with Crippen molar-refractivity contribution in [3.63, 3.8) is 0 Å². The molecule has 0 amide bonds. The molecule has 2 nitrogen and oxygen atoms in total. The van der Waals surface area contributed by atoms with Crippen LogP contribution >= 0.6 is 7.14 Å². The van der Waals surface area contributed by atoms with Crippen LogP contribution in [-0.4, -0.2) is 13.1 Å². The fourth-order valence-corrected chi connectivity index (χ4v) is 6.40. The zero-order chi connectivity index (χ0) is 17.8. The van der Waals surface area contributed by atoms with Gasteiger partial charge in [0.1, 0.15) is 0 Å². The molecule has 0 aromatic heterocycles. The van der Waals surface area contributed by atoms with Crippen molar-refractivity contribution in [2.75, 3.05) is 18.0 Å². The van der Waals surface area contributed by atoms with Gasteiger partial charge in [-0.25, -0.2) is 0 Å². The highest BCUT2D eigenvalue weighted by Gasteiger charge is 2.29. The number of rotatable bonds is 4. The first-order valence-corrected chi connectivity index (χ1v) is 11.1. The molecule has 1 saturated heterocycles. The van der Waals surface area contributed by atoms with Crippen LogP contribution in [0, 0.1) is 0 Å². The Balaban J connectivity index is 1.76. The largest absolute Gasteiger partial charge is 0.372 e. The van der Waals surface area contributed by atoms with Crippen LogP contribution in [0.3, 0.4) is 0 Å². The molecule has 0 aliphatic carbocycles. The Labute approximate surface area is 155 Å². The Morgan fingerprint density at radius 3 is 1.54 bits per heavy atom. The van der Waals surface area contributed by atoms with Gasteiger partial charge in [0.25, 0.3) is 0 Å². The second kappa shape index (κ2) is 7.51. The van der Waals surface area contributed by atoms with E-state index in [0.29, 0.717) is 0 Å². The fourth-order valence-electron chi connectivity index (χ4n) is 3.75. The molecule has 3 aromatic carbocycles. The third kappa shape index (κ3) is 3.22. The van der Waals surface area contributed by atoms with Gasteiger partial charge in [-0.15, -0.1) is 0 Å². The highest BCUT2D eigenvalue weighted by atomic mass is 31.2. The minimum Gasteiger partial charge on any atom is -0.372 e. The summed E-state index contributed by atoms with van der Waals surface area (Å²) in [6.07, 6.45) is 3.84. The summed E-state index contributed by atoms with van der Waals surface area (Å²) in [5.41, 5.74) is 1.24. The number of hydrogen-bond acceptors (Lipinski definition) is 2. The van der Waals surface area contributed by atoms with E-state index < -0.39 is 7.14 Å². The van der Waals surface area contributed by atoms with Crippen LogP contribution in [0.2, 0.25) is 0 Å². The summed E-state index contributed by atoms with van der Waals surface area (Å²) in [6, 6.07) is 28.1. The van der Waals surface area contributed by atoms with Gasteiger partial charge in [-0.3, -0.25) is 0 Å². The van der Waals surface area contributed by atoms with E-state index in [1.54, 1.807) is 0 Å². The van der Waals surface area contributed by atoms with E-state index in [1.807, 2.05) is 60.7 Å². The van der Waals surface area contributed by atoms with Crippen LogP contribution in [0.4, 0.5) is 5.69 Å². The maximum atomic E-state index is 14.3. The molecule has 132 valence electrons. The fraction of sp³-hybridized carbons (Fsp3) is 0.217. The molecule has 1 fully saturated rings. The van der Waals surface area contributed by atoms with E-state index in [-0.39, 0.29) is 0 Å². The van der Waals surface area contributed by atoms with Crippen molar-refractivity contribution in [2.24, 2.45) is 0 Å². The van der Waals surface area contributed by atoms with E-state index in [1.165, 1.54) is 24.9 Å². The average molecular weight is 361 g/mol. The van der Waals surface area contributed by atoms with Crippen LogP contribution in [0.1, 0.15) is 19.3 Å². The van der Waals surface area contributed by atoms with Crippen LogP contribution in [0.15, 0.2) is 84.9 Å². The maximum Gasteiger partial charge on any atom is 0.171 e. The standard InChI is InChI=1S/C23H24NOP/c25-26(21-10-4-1-5-11-21,22-12-6-2-7-13-22)23-16-14-20(15-17-23)24-18-8-3-9-19-24/h1-2,4-7,10-17H,3,8-9,18-19H2. The number of benzene rings is 3. The summed E-state index contributed by atoms with van der Waals surface area (Å²) in [4.78, 5) is 2.43. The van der Waals surface area contributed by atoms with E-state index in [4.69, 9.17) is 0 Å². The first-order chi connectivity index (χ1) is 12.8. The molecule has 0 spiro atoms. The van der Waals surface area contributed by atoms with Crippen molar-refractivity contribution in [1.82, 2.24) is 0 Å². The molecule has 0 radical (unpaired) electrons. The van der Waals surface area contributed by atoms with Crippen molar-refractivity contribution < 1.29 is 4.57 Å². The Kier molecular flexibility index (Phi) is 4.95. The van der Waals surface area contributed by atoms with Gasteiger partial charge in [-0.2, -0.15) is 0 Å². The van der Waals surface area contributed by atoms with Crippen LogP contribution in [0.5, 0.6) is 0 Å². The van der Waals surface area contributed by atoms with Gasteiger partial charge in [-0.05, 0) is 43.5 Å². The van der Waals surface area contributed by atoms with Gasteiger partial charge in [0.15, 0.2) is 7.14 Å². The van der Waals surface area contributed by atoms with Crippen LogP contribution < -0.4 is 20.8 Å². The SMILES string of the molecule is O=P(c1ccccc1)(c1ccccc1)c1ccc(N2CCCCC2)cc1. The van der Waals surface area contributed by atoms with E-state index in [0.717, 1.165) is 29.0 Å². The Morgan fingerprint density at radius 2 is 1.04 bits per heavy atom.